The molecule has 4 heterocycles. The monoisotopic (exact) mass is 329 g/mol. The molecule has 4 rings (SSSR count). The number of amides is 1. The van der Waals surface area contributed by atoms with Gasteiger partial charge in [-0.05, 0) is 20.8 Å². The first-order valence-electron chi connectivity index (χ1n) is 8.63. The third kappa shape index (κ3) is 2.34. The van der Waals surface area contributed by atoms with E-state index in [2.05, 4.69) is 26.7 Å². The molecule has 0 saturated carbocycles. The molecule has 2 aromatic rings. The molecule has 2 aromatic heterocycles. The van der Waals surface area contributed by atoms with Gasteiger partial charge in [-0.25, -0.2) is 4.98 Å². The second-order valence-electron chi connectivity index (χ2n) is 6.66. The fraction of sp³-hybridized carbons (Fsp3) is 0.588. The Morgan fingerprint density at radius 1 is 1.46 bits per heavy atom. The number of carbonyl (C=O) groups excluding carboxylic acids is 1. The average molecular weight is 329 g/mol. The van der Waals surface area contributed by atoms with Crippen LogP contribution in [0.4, 0.5) is 0 Å². The van der Waals surface area contributed by atoms with Crippen molar-refractivity contribution in [2.45, 2.75) is 58.9 Å². The number of imidazole rings is 1. The largest absolute Gasteiger partial charge is 0.369 e. The fourth-order valence-corrected chi connectivity index (χ4v) is 3.82. The molecule has 0 bridgehead atoms. The van der Waals surface area contributed by atoms with Crippen molar-refractivity contribution in [2.75, 3.05) is 6.54 Å². The average Bonchev–Trinajstić information content (AvgIpc) is 3.17. The molecule has 0 aromatic carbocycles. The Morgan fingerprint density at radius 2 is 2.29 bits per heavy atom. The Bertz CT molecular complexity index is 778. The lowest BCUT2D eigenvalue weighted by Gasteiger charge is -2.28. The van der Waals surface area contributed by atoms with E-state index in [9.17, 15) is 4.79 Å². The molecule has 2 aliphatic rings. The molecule has 0 saturated heterocycles. The highest BCUT2D eigenvalue weighted by Gasteiger charge is 2.33. The second kappa shape index (κ2) is 5.73. The molecular formula is C17H23N5O2. The van der Waals surface area contributed by atoms with E-state index in [1.54, 1.807) is 0 Å². The normalized spacial score (nSPS) is 23.0. The van der Waals surface area contributed by atoms with Crippen LogP contribution in [-0.2, 0) is 30.7 Å². The number of carbonyl (C=O) groups is 1. The zero-order valence-corrected chi connectivity index (χ0v) is 14.4. The van der Waals surface area contributed by atoms with E-state index in [1.807, 2.05) is 25.1 Å². The number of rotatable bonds is 2. The number of hydrogen-bond donors (Lipinski definition) is 1. The number of aromatic nitrogens is 4. The summed E-state index contributed by atoms with van der Waals surface area (Å²) in [6, 6.07) is 0. The van der Waals surface area contributed by atoms with Crippen LogP contribution in [0, 0.1) is 0 Å². The van der Waals surface area contributed by atoms with Gasteiger partial charge in [0.1, 0.15) is 0 Å². The van der Waals surface area contributed by atoms with Crippen LogP contribution in [0.1, 0.15) is 60.0 Å². The third-order valence-corrected chi connectivity index (χ3v) is 5.06. The van der Waals surface area contributed by atoms with Crippen LogP contribution >= 0.6 is 0 Å². The highest BCUT2D eigenvalue weighted by atomic mass is 16.5. The summed E-state index contributed by atoms with van der Waals surface area (Å²) >= 11 is 0. The number of ether oxygens (including phenoxy) is 1. The van der Waals surface area contributed by atoms with Crippen LogP contribution in [-0.4, -0.2) is 43.2 Å². The van der Waals surface area contributed by atoms with Gasteiger partial charge < -0.3 is 14.2 Å². The van der Waals surface area contributed by atoms with Crippen LogP contribution in [0.15, 0.2) is 6.33 Å². The standard InChI is InChI=1S/C17H23N5O2/c1-4-21-9-18-13-8-22(6-5-14(13)21)17(23)16-12-7-10(2)24-11(3)15(12)19-20-16/h9-11H,4-8H2,1-3H3,(H,19,20)/t10-,11+/m0/s1. The quantitative estimate of drug-likeness (QED) is 0.912. The van der Waals surface area contributed by atoms with E-state index in [-0.39, 0.29) is 18.1 Å². The summed E-state index contributed by atoms with van der Waals surface area (Å²) in [5.74, 6) is -0.00880. The van der Waals surface area contributed by atoms with Gasteiger partial charge in [-0.1, -0.05) is 0 Å². The summed E-state index contributed by atoms with van der Waals surface area (Å²) < 4.78 is 7.96. The van der Waals surface area contributed by atoms with Gasteiger partial charge in [0.25, 0.3) is 5.91 Å². The predicted molar refractivity (Wildman–Crippen MR) is 87.6 cm³/mol. The minimum absolute atomic E-state index is 0.00880. The van der Waals surface area contributed by atoms with Crippen molar-refractivity contribution in [3.05, 3.63) is 34.7 Å². The van der Waals surface area contributed by atoms with Gasteiger partial charge in [0.2, 0.25) is 0 Å². The molecule has 0 fully saturated rings. The van der Waals surface area contributed by atoms with Crippen molar-refractivity contribution in [1.82, 2.24) is 24.6 Å². The number of aryl methyl sites for hydroxylation is 1. The number of nitrogens with zero attached hydrogens (tertiary/aromatic N) is 4. The molecule has 2 atom stereocenters. The summed E-state index contributed by atoms with van der Waals surface area (Å²) in [4.78, 5) is 19.3. The van der Waals surface area contributed by atoms with Gasteiger partial charge in [0.15, 0.2) is 5.69 Å². The first-order valence-corrected chi connectivity index (χ1v) is 8.63. The lowest BCUT2D eigenvalue weighted by atomic mass is 9.99. The maximum atomic E-state index is 13.0. The van der Waals surface area contributed by atoms with Crippen LogP contribution in [0.2, 0.25) is 0 Å². The van der Waals surface area contributed by atoms with Gasteiger partial charge in [-0.15, -0.1) is 0 Å². The van der Waals surface area contributed by atoms with Crippen LogP contribution in [0.3, 0.4) is 0 Å². The molecule has 7 heteroatoms. The zero-order chi connectivity index (χ0) is 16.8. The number of fused-ring (bicyclic) bond motifs is 2. The van der Waals surface area contributed by atoms with E-state index < -0.39 is 0 Å². The molecule has 2 aliphatic heterocycles. The van der Waals surface area contributed by atoms with Gasteiger partial charge >= 0.3 is 0 Å². The first-order chi connectivity index (χ1) is 11.6. The zero-order valence-electron chi connectivity index (χ0n) is 14.4. The van der Waals surface area contributed by atoms with Gasteiger partial charge in [0.05, 0.1) is 36.5 Å². The molecule has 24 heavy (non-hydrogen) atoms. The minimum Gasteiger partial charge on any atom is -0.369 e. The van der Waals surface area contributed by atoms with Crippen molar-refractivity contribution in [3.63, 3.8) is 0 Å². The van der Waals surface area contributed by atoms with E-state index in [1.165, 1.54) is 5.69 Å². The van der Waals surface area contributed by atoms with Crippen molar-refractivity contribution in [3.8, 4) is 0 Å². The SMILES string of the molecule is CCn1cnc2c1CCN(C(=O)c1n[nH]c3c1C[C@H](C)O[C@@H]3C)C2. The Labute approximate surface area is 141 Å². The van der Waals surface area contributed by atoms with Gasteiger partial charge in [-0.3, -0.25) is 9.89 Å². The maximum absolute atomic E-state index is 13.0. The Balaban J connectivity index is 1.59. The summed E-state index contributed by atoms with van der Waals surface area (Å²) in [5.41, 5.74) is 4.75. The second-order valence-corrected chi connectivity index (χ2v) is 6.66. The highest BCUT2D eigenvalue weighted by Crippen LogP contribution is 2.31. The molecular weight excluding hydrogens is 306 g/mol. The van der Waals surface area contributed by atoms with Crippen LogP contribution < -0.4 is 0 Å². The lowest BCUT2D eigenvalue weighted by Crippen LogP contribution is -2.37. The van der Waals surface area contributed by atoms with Gasteiger partial charge in [-0.2, -0.15) is 5.10 Å². The van der Waals surface area contributed by atoms with Crippen molar-refractivity contribution in [2.24, 2.45) is 0 Å². The summed E-state index contributed by atoms with van der Waals surface area (Å²) in [6.07, 6.45) is 3.49. The highest BCUT2D eigenvalue weighted by molar-refractivity contribution is 5.94. The third-order valence-electron chi connectivity index (χ3n) is 5.06. The van der Waals surface area contributed by atoms with Crippen LogP contribution in [0.5, 0.6) is 0 Å². The molecule has 128 valence electrons. The summed E-state index contributed by atoms with van der Waals surface area (Å²) in [5, 5.41) is 7.32. The Morgan fingerprint density at radius 3 is 3.08 bits per heavy atom. The molecule has 0 radical (unpaired) electrons. The molecule has 7 nitrogen and oxygen atoms in total. The fourth-order valence-electron chi connectivity index (χ4n) is 3.82. The first kappa shape index (κ1) is 15.4. The predicted octanol–water partition coefficient (Wildman–Crippen LogP) is 1.85. The lowest BCUT2D eigenvalue weighted by molar-refractivity contribution is -0.00702. The van der Waals surface area contributed by atoms with E-state index >= 15 is 0 Å². The molecule has 1 N–H and O–H groups in total. The van der Waals surface area contributed by atoms with Crippen LogP contribution in [0.25, 0.3) is 0 Å². The summed E-state index contributed by atoms with van der Waals surface area (Å²) in [6.45, 7) is 8.32. The molecule has 0 unspecified atom stereocenters. The number of aromatic amines is 1. The Hall–Kier alpha value is -2.15. The molecule has 0 aliphatic carbocycles. The van der Waals surface area contributed by atoms with E-state index in [4.69, 9.17) is 4.74 Å². The number of nitrogens with one attached hydrogen (secondary N) is 1. The molecule has 0 spiro atoms. The smallest absolute Gasteiger partial charge is 0.275 e. The minimum atomic E-state index is -0.0500. The number of hydrogen-bond acceptors (Lipinski definition) is 4. The summed E-state index contributed by atoms with van der Waals surface area (Å²) in [7, 11) is 0. The van der Waals surface area contributed by atoms with Gasteiger partial charge in [0, 0.05) is 37.2 Å². The van der Waals surface area contributed by atoms with Crippen molar-refractivity contribution >= 4 is 5.91 Å². The van der Waals surface area contributed by atoms with E-state index in [0.717, 1.165) is 36.3 Å². The molecule has 1 amide bonds. The van der Waals surface area contributed by atoms with E-state index in [0.29, 0.717) is 18.8 Å². The topological polar surface area (TPSA) is 76.0 Å². The number of H-pyrrole nitrogens is 1. The Kier molecular flexibility index (Phi) is 3.68. The van der Waals surface area contributed by atoms with Crippen molar-refractivity contribution < 1.29 is 9.53 Å². The van der Waals surface area contributed by atoms with Crippen molar-refractivity contribution in [1.29, 1.82) is 0 Å². The maximum Gasteiger partial charge on any atom is 0.275 e.